The topological polar surface area (TPSA) is 50.4 Å². The smallest absolute Gasteiger partial charge is 0.239 e. The molecule has 5 heteroatoms. The Morgan fingerprint density at radius 1 is 1.47 bits per heavy atom. The molecule has 1 aromatic rings. The van der Waals surface area contributed by atoms with Crippen LogP contribution in [0.15, 0.2) is 18.2 Å². The molecule has 0 aromatic heterocycles. The summed E-state index contributed by atoms with van der Waals surface area (Å²) in [7, 11) is 1.57. The molecule has 0 radical (unpaired) electrons. The molecule has 1 rings (SSSR count). The monoisotopic (exact) mass is 256 g/mol. The highest BCUT2D eigenvalue weighted by atomic mass is 35.5. The minimum atomic E-state index is -0.0473. The van der Waals surface area contributed by atoms with Crippen LogP contribution in [0.3, 0.4) is 0 Å². The fraction of sp³-hybridized carbons (Fsp3) is 0.417. The normalized spacial score (nSPS) is 9.82. The van der Waals surface area contributed by atoms with Gasteiger partial charge in [-0.3, -0.25) is 4.79 Å². The molecule has 4 nitrogen and oxygen atoms in total. The van der Waals surface area contributed by atoms with Gasteiger partial charge in [0, 0.05) is 11.6 Å². The van der Waals surface area contributed by atoms with E-state index in [1.165, 1.54) is 0 Å². The zero-order chi connectivity index (χ0) is 12.7. The Morgan fingerprint density at radius 3 is 2.88 bits per heavy atom. The number of benzene rings is 1. The van der Waals surface area contributed by atoms with Gasteiger partial charge in [0.2, 0.25) is 5.91 Å². The molecular formula is C12H17ClN2O2. The van der Waals surface area contributed by atoms with Crippen LogP contribution >= 0.6 is 11.6 Å². The third kappa shape index (κ3) is 4.53. The van der Waals surface area contributed by atoms with E-state index in [9.17, 15) is 4.79 Å². The number of hydrogen-bond acceptors (Lipinski definition) is 3. The Kier molecular flexibility index (Phi) is 5.63. The molecule has 0 fully saturated rings. The van der Waals surface area contributed by atoms with Crippen LogP contribution in [0.1, 0.15) is 13.3 Å². The van der Waals surface area contributed by atoms with E-state index in [1.807, 2.05) is 6.92 Å². The largest absolute Gasteiger partial charge is 0.495 e. The third-order valence-corrected chi connectivity index (χ3v) is 2.41. The molecule has 1 aromatic carbocycles. The second-order valence-electron chi connectivity index (χ2n) is 3.55. The highest BCUT2D eigenvalue weighted by Gasteiger charge is 2.05. The predicted octanol–water partition coefficient (Wildman–Crippen LogP) is 2.29. The standard InChI is InChI=1S/C12H17ClN2O2/c1-3-6-14-12(16)8-15-10-7-9(13)4-5-11(10)17-2/h4-5,7,15H,3,6,8H2,1-2H3,(H,14,16). The first-order chi connectivity index (χ1) is 8.17. The molecule has 0 aliphatic rings. The van der Waals surface area contributed by atoms with Crippen molar-refractivity contribution in [3.05, 3.63) is 23.2 Å². The van der Waals surface area contributed by atoms with Gasteiger partial charge in [0.15, 0.2) is 0 Å². The number of nitrogens with one attached hydrogen (secondary N) is 2. The van der Waals surface area contributed by atoms with E-state index in [0.717, 1.165) is 6.42 Å². The van der Waals surface area contributed by atoms with Crippen molar-refractivity contribution in [1.29, 1.82) is 0 Å². The van der Waals surface area contributed by atoms with Crippen molar-refractivity contribution in [2.24, 2.45) is 0 Å². The Morgan fingerprint density at radius 2 is 2.24 bits per heavy atom. The fourth-order valence-electron chi connectivity index (χ4n) is 1.32. The maximum Gasteiger partial charge on any atom is 0.239 e. The highest BCUT2D eigenvalue weighted by molar-refractivity contribution is 6.30. The van der Waals surface area contributed by atoms with Crippen molar-refractivity contribution in [2.75, 3.05) is 25.5 Å². The Balaban J connectivity index is 2.56. The number of methoxy groups -OCH3 is 1. The van der Waals surface area contributed by atoms with Gasteiger partial charge in [0.1, 0.15) is 5.75 Å². The summed E-state index contributed by atoms with van der Waals surface area (Å²) in [5.74, 6) is 0.617. The number of carbonyl (C=O) groups is 1. The zero-order valence-electron chi connectivity index (χ0n) is 10.0. The summed E-state index contributed by atoms with van der Waals surface area (Å²) in [4.78, 5) is 11.4. The molecular weight excluding hydrogens is 240 g/mol. The molecule has 0 aliphatic heterocycles. The van der Waals surface area contributed by atoms with Crippen LogP contribution in [0.4, 0.5) is 5.69 Å². The van der Waals surface area contributed by atoms with E-state index in [4.69, 9.17) is 16.3 Å². The van der Waals surface area contributed by atoms with E-state index in [0.29, 0.717) is 23.0 Å². The van der Waals surface area contributed by atoms with E-state index < -0.39 is 0 Å². The average Bonchev–Trinajstić information content (AvgIpc) is 2.34. The summed E-state index contributed by atoms with van der Waals surface area (Å²) in [6.07, 6.45) is 0.923. The fourth-order valence-corrected chi connectivity index (χ4v) is 1.49. The lowest BCUT2D eigenvalue weighted by Crippen LogP contribution is -2.30. The first-order valence-electron chi connectivity index (χ1n) is 5.51. The van der Waals surface area contributed by atoms with Crippen molar-refractivity contribution in [3.63, 3.8) is 0 Å². The van der Waals surface area contributed by atoms with Gasteiger partial charge < -0.3 is 15.4 Å². The Hall–Kier alpha value is -1.42. The Bertz CT molecular complexity index is 383. The number of ether oxygens (including phenoxy) is 1. The van der Waals surface area contributed by atoms with Crippen LogP contribution in [0, 0.1) is 0 Å². The minimum absolute atomic E-state index is 0.0473. The molecule has 0 atom stereocenters. The molecule has 0 unspecified atom stereocenters. The van der Waals surface area contributed by atoms with Crippen molar-refractivity contribution in [3.8, 4) is 5.75 Å². The van der Waals surface area contributed by atoms with Crippen LogP contribution in [-0.4, -0.2) is 26.1 Å². The number of carbonyl (C=O) groups excluding carboxylic acids is 1. The van der Waals surface area contributed by atoms with Crippen LogP contribution in [0.2, 0.25) is 5.02 Å². The number of amides is 1. The molecule has 1 amide bonds. The number of rotatable bonds is 6. The molecule has 17 heavy (non-hydrogen) atoms. The van der Waals surface area contributed by atoms with E-state index in [2.05, 4.69) is 10.6 Å². The zero-order valence-corrected chi connectivity index (χ0v) is 10.8. The van der Waals surface area contributed by atoms with Gasteiger partial charge in [-0.25, -0.2) is 0 Å². The molecule has 0 heterocycles. The summed E-state index contributed by atoms with van der Waals surface area (Å²) >= 11 is 5.88. The van der Waals surface area contributed by atoms with Gasteiger partial charge in [0.25, 0.3) is 0 Å². The second kappa shape index (κ2) is 7.01. The summed E-state index contributed by atoms with van der Waals surface area (Å²) in [5, 5.41) is 6.37. The summed E-state index contributed by atoms with van der Waals surface area (Å²) in [5.41, 5.74) is 0.714. The summed E-state index contributed by atoms with van der Waals surface area (Å²) in [6, 6.07) is 5.23. The van der Waals surface area contributed by atoms with Gasteiger partial charge in [0.05, 0.1) is 19.3 Å². The minimum Gasteiger partial charge on any atom is -0.495 e. The lowest BCUT2D eigenvalue weighted by molar-refractivity contribution is -0.119. The maximum absolute atomic E-state index is 11.4. The lowest BCUT2D eigenvalue weighted by Gasteiger charge is -2.11. The van der Waals surface area contributed by atoms with E-state index in [1.54, 1.807) is 25.3 Å². The predicted molar refractivity (Wildman–Crippen MR) is 69.8 cm³/mol. The van der Waals surface area contributed by atoms with Gasteiger partial charge >= 0.3 is 0 Å². The number of hydrogen-bond donors (Lipinski definition) is 2. The maximum atomic E-state index is 11.4. The van der Waals surface area contributed by atoms with Crippen molar-refractivity contribution >= 4 is 23.2 Å². The van der Waals surface area contributed by atoms with Gasteiger partial charge in [-0.05, 0) is 24.6 Å². The molecule has 0 bridgehead atoms. The van der Waals surface area contributed by atoms with Crippen LogP contribution in [-0.2, 0) is 4.79 Å². The Labute approximate surface area is 106 Å². The van der Waals surface area contributed by atoms with Gasteiger partial charge in [-0.1, -0.05) is 18.5 Å². The molecule has 94 valence electrons. The number of halogens is 1. The number of anilines is 1. The summed E-state index contributed by atoms with van der Waals surface area (Å²) in [6.45, 7) is 2.90. The van der Waals surface area contributed by atoms with Crippen LogP contribution in [0.5, 0.6) is 5.75 Å². The van der Waals surface area contributed by atoms with Gasteiger partial charge in [-0.15, -0.1) is 0 Å². The van der Waals surface area contributed by atoms with Crippen LogP contribution in [0.25, 0.3) is 0 Å². The summed E-state index contributed by atoms with van der Waals surface area (Å²) < 4.78 is 5.16. The quantitative estimate of drug-likeness (QED) is 0.821. The highest BCUT2D eigenvalue weighted by Crippen LogP contribution is 2.27. The van der Waals surface area contributed by atoms with Gasteiger partial charge in [-0.2, -0.15) is 0 Å². The van der Waals surface area contributed by atoms with E-state index in [-0.39, 0.29) is 12.5 Å². The lowest BCUT2D eigenvalue weighted by atomic mass is 10.3. The van der Waals surface area contributed by atoms with Crippen molar-refractivity contribution in [1.82, 2.24) is 5.32 Å². The molecule has 0 aliphatic carbocycles. The average molecular weight is 257 g/mol. The molecule has 0 saturated heterocycles. The SMILES string of the molecule is CCCNC(=O)CNc1cc(Cl)ccc1OC. The van der Waals surface area contributed by atoms with Crippen molar-refractivity contribution < 1.29 is 9.53 Å². The third-order valence-electron chi connectivity index (χ3n) is 2.17. The first kappa shape index (κ1) is 13.6. The molecule has 0 saturated carbocycles. The second-order valence-corrected chi connectivity index (χ2v) is 3.98. The molecule has 0 spiro atoms. The van der Waals surface area contributed by atoms with Crippen molar-refractivity contribution in [2.45, 2.75) is 13.3 Å². The van der Waals surface area contributed by atoms with Crippen LogP contribution < -0.4 is 15.4 Å². The first-order valence-corrected chi connectivity index (χ1v) is 5.89. The van der Waals surface area contributed by atoms with E-state index >= 15 is 0 Å². The molecule has 2 N–H and O–H groups in total.